The van der Waals surface area contributed by atoms with Gasteiger partial charge in [0.25, 0.3) is 0 Å². The number of likely N-dealkylation sites (tertiary alicyclic amines) is 1. The molecule has 9 nitrogen and oxygen atoms in total. The zero-order valence-electron chi connectivity index (χ0n) is 13.6. The van der Waals surface area contributed by atoms with Crippen molar-refractivity contribution in [2.24, 2.45) is 16.3 Å². The summed E-state index contributed by atoms with van der Waals surface area (Å²) in [6.07, 6.45) is -0.825. The number of fused-ring (bicyclic) bond motifs is 5. The Hall–Kier alpha value is -2.19. The number of imide groups is 1. The molecule has 1 saturated carbocycles. The molecule has 2 aliphatic heterocycles. The molecular formula is C14H20N4O5. The molecular weight excluding hydrogens is 304 g/mol. The monoisotopic (exact) mass is 324 g/mol. The van der Waals surface area contributed by atoms with Gasteiger partial charge >= 0.3 is 12.2 Å². The molecule has 2 fully saturated rings. The van der Waals surface area contributed by atoms with Gasteiger partial charge in [0.1, 0.15) is 11.6 Å². The van der Waals surface area contributed by atoms with Crippen LogP contribution in [0.15, 0.2) is 10.3 Å². The lowest BCUT2D eigenvalue weighted by molar-refractivity contribution is -0.135. The van der Waals surface area contributed by atoms with Crippen LogP contribution >= 0.6 is 0 Å². The minimum atomic E-state index is -0.688. The van der Waals surface area contributed by atoms with Crippen molar-refractivity contribution in [1.82, 2.24) is 9.91 Å². The van der Waals surface area contributed by atoms with Crippen LogP contribution in [0.25, 0.3) is 0 Å². The topological polar surface area (TPSA) is 101 Å². The highest BCUT2D eigenvalue weighted by molar-refractivity contribution is 5.97. The Kier molecular flexibility index (Phi) is 3.53. The Bertz CT molecular complexity index is 584. The fourth-order valence-electron chi connectivity index (χ4n) is 3.37. The van der Waals surface area contributed by atoms with Crippen LogP contribution in [0.4, 0.5) is 9.59 Å². The van der Waals surface area contributed by atoms with E-state index in [2.05, 4.69) is 10.3 Å². The highest BCUT2D eigenvalue weighted by Crippen LogP contribution is 2.46. The molecule has 9 heteroatoms. The van der Waals surface area contributed by atoms with Crippen molar-refractivity contribution in [3.63, 3.8) is 0 Å². The van der Waals surface area contributed by atoms with Gasteiger partial charge in [-0.3, -0.25) is 4.79 Å². The summed E-state index contributed by atoms with van der Waals surface area (Å²) >= 11 is 0. The lowest BCUT2D eigenvalue weighted by atomic mass is 9.98. The van der Waals surface area contributed by atoms with Crippen LogP contribution in [0.1, 0.15) is 34.1 Å². The maximum Gasteiger partial charge on any atom is 0.432 e. The predicted molar refractivity (Wildman–Crippen MR) is 76.3 cm³/mol. The van der Waals surface area contributed by atoms with Gasteiger partial charge in [0, 0.05) is 0 Å². The number of rotatable bonds is 1. The second-order valence-corrected chi connectivity index (χ2v) is 6.83. The van der Waals surface area contributed by atoms with E-state index in [1.807, 2.05) is 0 Å². The van der Waals surface area contributed by atoms with Crippen molar-refractivity contribution < 1.29 is 23.9 Å². The van der Waals surface area contributed by atoms with E-state index < -0.39 is 41.8 Å². The number of ether oxygens (including phenoxy) is 2. The summed E-state index contributed by atoms with van der Waals surface area (Å²) in [6, 6.07) is -1.30. The maximum absolute atomic E-state index is 12.5. The average molecular weight is 324 g/mol. The molecule has 0 aromatic heterocycles. The van der Waals surface area contributed by atoms with Gasteiger partial charge in [-0.25, -0.2) is 14.5 Å². The molecule has 3 amide bonds. The summed E-state index contributed by atoms with van der Waals surface area (Å²) in [5.41, 5.74) is -0.688. The van der Waals surface area contributed by atoms with Crippen molar-refractivity contribution >= 4 is 18.1 Å². The second kappa shape index (κ2) is 5.17. The van der Waals surface area contributed by atoms with Gasteiger partial charge in [-0.1, -0.05) is 5.22 Å². The Morgan fingerprint density at radius 3 is 2.61 bits per heavy atom. The molecule has 3 rings (SSSR count). The molecule has 0 N–H and O–H groups in total. The van der Waals surface area contributed by atoms with Crippen LogP contribution in [-0.4, -0.2) is 58.3 Å². The number of nitrogens with zero attached hydrogens (tertiary/aromatic N) is 4. The second-order valence-electron chi connectivity index (χ2n) is 6.83. The lowest BCUT2D eigenvalue weighted by Gasteiger charge is -2.33. The molecule has 126 valence electrons. The minimum absolute atomic E-state index is 0.217. The van der Waals surface area contributed by atoms with Crippen molar-refractivity contribution in [3.05, 3.63) is 0 Å². The lowest BCUT2D eigenvalue weighted by Crippen LogP contribution is -2.56. The number of hydrogen-bond donors (Lipinski definition) is 0. The average Bonchev–Trinajstić information content (AvgIpc) is 3.05. The predicted octanol–water partition coefficient (Wildman–Crippen LogP) is 1.73. The van der Waals surface area contributed by atoms with Crippen LogP contribution in [0.2, 0.25) is 0 Å². The first-order valence-electron chi connectivity index (χ1n) is 7.67. The third-order valence-electron chi connectivity index (χ3n) is 4.15. The standard InChI is InChI=1S/C14H20N4O5/c1-5-22-13(21)18-10-7-6-8(9(10)15-16-18)17(11(7)19)12(20)23-14(2,3)4/h7-10H,5-6H2,1-4H3. The molecule has 4 unspecified atom stereocenters. The highest BCUT2D eigenvalue weighted by Gasteiger charge is 2.64. The normalized spacial score (nSPS) is 31.6. The number of carbonyl (C=O) groups excluding carboxylic acids is 3. The van der Waals surface area contributed by atoms with Gasteiger partial charge in [0.2, 0.25) is 5.91 Å². The first-order valence-corrected chi connectivity index (χ1v) is 7.67. The summed E-state index contributed by atoms with van der Waals surface area (Å²) in [5.74, 6) is -0.843. The summed E-state index contributed by atoms with van der Waals surface area (Å²) in [6.45, 7) is 7.13. The quantitative estimate of drug-likeness (QED) is 0.731. The molecule has 3 aliphatic rings. The molecule has 23 heavy (non-hydrogen) atoms. The molecule has 0 spiro atoms. The van der Waals surface area contributed by atoms with Gasteiger partial charge in [0.05, 0.1) is 24.6 Å². The number of piperidine rings is 1. The smallest absolute Gasteiger partial charge is 0.432 e. The SMILES string of the molecule is CCOC(=O)N1N=NC2C1C1CC2N(C(=O)OC(C)(C)C)C1=O. The zero-order valence-corrected chi connectivity index (χ0v) is 13.6. The van der Waals surface area contributed by atoms with Crippen LogP contribution in [-0.2, 0) is 14.3 Å². The van der Waals surface area contributed by atoms with E-state index in [9.17, 15) is 14.4 Å². The molecule has 0 radical (unpaired) electrons. The van der Waals surface area contributed by atoms with E-state index in [1.165, 1.54) is 0 Å². The van der Waals surface area contributed by atoms with Crippen LogP contribution in [0.5, 0.6) is 0 Å². The van der Waals surface area contributed by atoms with Crippen molar-refractivity contribution in [2.45, 2.75) is 57.8 Å². The Morgan fingerprint density at radius 1 is 1.30 bits per heavy atom. The third-order valence-corrected chi connectivity index (χ3v) is 4.15. The Morgan fingerprint density at radius 2 is 2.00 bits per heavy atom. The first kappa shape index (κ1) is 15.7. The van der Waals surface area contributed by atoms with E-state index in [4.69, 9.17) is 9.47 Å². The third kappa shape index (κ3) is 2.43. The molecule has 2 bridgehead atoms. The summed E-state index contributed by atoms with van der Waals surface area (Å²) in [4.78, 5) is 37.8. The number of carbonyl (C=O) groups is 3. The van der Waals surface area contributed by atoms with Gasteiger partial charge in [-0.05, 0) is 34.1 Å². The van der Waals surface area contributed by atoms with Crippen molar-refractivity contribution in [3.8, 4) is 0 Å². The van der Waals surface area contributed by atoms with Crippen LogP contribution in [0.3, 0.4) is 0 Å². The molecule has 1 saturated heterocycles. The fourth-order valence-corrected chi connectivity index (χ4v) is 3.37. The highest BCUT2D eigenvalue weighted by atomic mass is 16.6. The molecule has 2 heterocycles. The van der Waals surface area contributed by atoms with E-state index >= 15 is 0 Å². The summed E-state index contributed by atoms with van der Waals surface area (Å²) in [5, 5.41) is 9.04. The van der Waals surface area contributed by atoms with E-state index in [0.29, 0.717) is 6.42 Å². The van der Waals surface area contributed by atoms with Gasteiger partial charge < -0.3 is 9.47 Å². The first-order chi connectivity index (χ1) is 10.7. The molecule has 4 atom stereocenters. The Labute approximate surface area is 133 Å². The van der Waals surface area contributed by atoms with Gasteiger partial charge in [-0.2, -0.15) is 10.1 Å². The van der Waals surface area contributed by atoms with Crippen molar-refractivity contribution in [2.75, 3.05) is 6.61 Å². The Balaban J connectivity index is 1.77. The number of hydrogen-bond acceptors (Lipinski definition) is 7. The van der Waals surface area contributed by atoms with Crippen molar-refractivity contribution in [1.29, 1.82) is 0 Å². The molecule has 0 aromatic rings. The van der Waals surface area contributed by atoms with Gasteiger partial charge in [-0.15, -0.1) is 0 Å². The van der Waals surface area contributed by atoms with Crippen LogP contribution < -0.4 is 0 Å². The van der Waals surface area contributed by atoms with Gasteiger partial charge in [0.15, 0.2) is 0 Å². The maximum atomic E-state index is 12.5. The molecule has 0 aromatic carbocycles. The van der Waals surface area contributed by atoms with Crippen LogP contribution in [0, 0.1) is 5.92 Å². The number of amides is 3. The van der Waals surface area contributed by atoms with E-state index in [-0.39, 0.29) is 12.5 Å². The fraction of sp³-hybridized carbons (Fsp3) is 0.786. The van der Waals surface area contributed by atoms with E-state index in [1.54, 1.807) is 27.7 Å². The summed E-state index contributed by atoms with van der Waals surface area (Å²) in [7, 11) is 0. The molecule has 1 aliphatic carbocycles. The van der Waals surface area contributed by atoms with E-state index in [0.717, 1.165) is 9.91 Å². The largest absolute Gasteiger partial charge is 0.448 e. The zero-order chi connectivity index (χ0) is 16.9. The minimum Gasteiger partial charge on any atom is -0.448 e. The summed E-state index contributed by atoms with van der Waals surface area (Å²) < 4.78 is 10.2.